The Labute approximate surface area is 105 Å². The smallest absolute Gasteiger partial charge is 0.231 e. The molecule has 18 heavy (non-hydrogen) atoms. The van der Waals surface area contributed by atoms with Crippen LogP contribution in [0.3, 0.4) is 0 Å². The van der Waals surface area contributed by atoms with Crippen molar-refractivity contribution in [3.63, 3.8) is 0 Å². The molecule has 96 valence electrons. The number of anilines is 1. The fourth-order valence-corrected chi connectivity index (χ4v) is 1.89. The van der Waals surface area contributed by atoms with Crippen LogP contribution in [0.1, 0.15) is 12.5 Å². The number of benzene rings is 1. The average Bonchev–Trinajstić information content (AvgIpc) is 2.26. The number of nitrogens with two attached hydrogens (primary N) is 1. The van der Waals surface area contributed by atoms with Gasteiger partial charge in [0.1, 0.15) is 12.5 Å². The molecule has 0 bridgehead atoms. The number of primary amides is 1. The van der Waals surface area contributed by atoms with E-state index in [1.807, 2.05) is 12.1 Å². The van der Waals surface area contributed by atoms with Crippen LogP contribution in [0.2, 0.25) is 0 Å². The zero-order chi connectivity index (χ0) is 13.1. The molecule has 0 aliphatic carbocycles. The van der Waals surface area contributed by atoms with Crippen LogP contribution in [-0.4, -0.2) is 30.0 Å². The summed E-state index contributed by atoms with van der Waals surface area (Å²) in [5, 5.41) is 2.71. The van der Waals surface area contributed by atoms with Crippen LogP contribution in [0, 0.1) is 0 Å². The van der Waals surface area contributed by atoms with E-state index in [9.17, 15) is 9.59 Å². The summed E-state index contributed by atoms with van der Waals surface area (Å²) in [4.78, 5) is 23.6. The molecule has 0 unspecified atom stereocenters. The van der Waals surface area contributed by atoms with Crippen molar-refractivity contribution in [1.29, 1.82) is 0 Å². The van der Waals surface area contributed by atoms with Crippen molar-refractivity contribution in [2.45, 2.75) is 13.5 Å². The standard InChI is InChI=1S/C12H15N3O3/c1-8(16)14-10-2-3-11-9(4-10)5-15(7-18-11)6-12(13)17/h2-4H,5-7H2,1H3,(H2,13,17)(H,14,16). The second-order valence-electron chi connectivity index (χ2n) is 4.23. The summed E-state index contributed by atoms with van der Waals surface area (Å²) < 4.78 is 5.50. The molecule has 1 aromatic carbocycles. The van der Waals surface area contributed by atoms with Crippen LogP contribution in [-0.2, 0) is 16.1 Å². The van der Waals surface area contributed by atoms with Gasteiger partial charge in [-0.05, 0) is 18.2 Å². The number of hydrogen-bond donors (Lipinski definition) is 2. The highest BCUT2D eigenvalue weighted by Gasteiger charge is 2.18. The van der Waals surface area contributed by atoms with Gasteiger partial charge >= 0.3 is 0 Å². The molecule has 1 aliphatic rings. The second-order valence-corrected chi connectivity index (χ2v) is 4.23. The van der Waals surface area contributed by atoms with E-state index < -0.39 is 0 Å². The Balaban J connectivity index is 2.13. The summed E-state index contributed by atoms with van der Waals surface area (Å²) in [7, 11) is 0. The van der Waals surface area contributed by atoms with Crippen LogP contribution < -0.4 is 15.8 Å². The zero-order valence-electron chi connectivity index (χ0n) is 10.1. The third kappa shape index (κ3) is 2.98. The average molecular weight is 249 g/mol. The first-order valence-electron chi connectivity index (χ1n) is 5.58. The summed E-state index contributed by atoms with van der Waals surface area (Å²) in [5.41, 5.74) is 6.78. The molecular weight excluding hydrogens is 234 g/mol. The molecule has 1 aromatic rings. The first-order valence-corrected chi connectivity index (χ1v) is 5.58. The molecular formula is C12H15N3O3. The van der Waals surface area contributed by atoms with E-state index in [2.05, 4.69) is 5.32 Å². The molecule has 0 fully saturated rings. The molecule has 3 N–H and O–H groups in total. The van der Waals surface area contributed by atoms with E-state index in [1.54, 1.807) is 11.0 Å². The summed E-state index contributed by atoms with van der Waals surface area (Å²) in [5.74, 6) is 0.255. The Morgan fingerprint density at radius 3 is 2.94 bits per heavy atom. The van der Waals surface area contributed by atoms with Crippen LogP contribution in [0.4, 0.5) is 5.69 Å². The van der Waals surface area contributed by atoms with Gasteiger partial charge in [0.25, 0.3) is 0 Å². The van der Waals surface area contributed by atoms with Gasteiger partial charge in [0, 0.05) is 24.7 Å². The Bertz CT molecular complexity index is 487. The van der Waals surface area contributed by atoms with Crippen molar-refractivity contribution in [3.8, 4) is 5.75 Å². The lowest BCUT2D eigenvalue weighted by Crippen LogP contribution is -2.38. The zero-order valence-corrected chi connectivity index (χ0v) is 10.1. The van der Waals surface area contributed by atoms with Crippen molar-refractivity contribution >= 4 is 17.5 Å². The Hall–Kier alpha value is -2.08. The van der Waals surface area contributed by atoms with E-state index in [1.165, 1.54) is 6.92 Å². The third-order valence-electron chi connectivity index (χ3n) is 2.56. The maximum atomic E-state index is 11.0. The number of nitrogens with zero attached hydrogens (tertiary/aromatic N) is 1. The molecule has 1 heterocycles. The van der Waals surface area contributed by atoms with E-state index in [0.29, 0.717) is 19.0 Å². The summed E-state index contributed by atoms with van der Waals surface area (Å²) in [6.07, 6.45) is 0. The second kappa shape index (κ2) is 5.05. The van der Waals surface area contributed by atoms with Crippen molar-refractivity contribution in [2.75, 3.05) is 18.6 Å². The van der Waals surface area contributed by atoms with Gasteiger partial charge in [-0.1, -0.05) is 0 Å². The molecule has 2 amide bonds. The van der Waals surface area contributed by atoms with Gasteiger partial charge in [0.2, 0.25) is 11.8 Å². The van der Waals surface area contributed by atoms with Gasteiger partial charge in [-0.15, -0.1) is 0 Å². The highest BCUT2D eigenvalue weighted by Crippen LogP contribution is 2.27. The molecule has 0 spiro atoms. The van der Waals surface area contributed by atoms with E-state index >= 15 is 0 Å². The summed E-state index contributed by atoms with van der Waals surface area (Å²) in [6.45, 7) is 2.53. The number of rotatable bonds is 3. The molecule has 6 nitrogen and oxygen atoms in total. The van der Waals surface area contributed by atoms with Gasteiger partial charge in [0.15, 0.2) is 0 Å². The molecule has 6 heteroatoms. The number of nitrogens with one attached hydrogen (secondary N) is 1. The van der Waals surface area contributed by atoms with Crippen molar-refractivity contribution in [3.05, 3.63) is 23.8 Å². The van der Waals surface area contributed by atoms with Crippen molar-refractivity contribution in [2.24, 2.45) is 5.73 Å². The first-order chi connectivity index (χ1) is 8.54. The highest BCUT2D eigenvalue weighted by molar-refractivity contribution is 5.88. The van der Waals surface area contributed by atoms with Crippen LogP contribution in [0.25, 0.3) is 0 Å². The normalized spacial score (nSPS) is 14.5. The molecule has 1 aliphatic heterocycles. The lowest BCUT2D eigenvalue weighted by molar-refractivity contribution is -0.120. The van der Waals surface area contributed by atoms with Gasteiger partial charge in [0.05, 0.1) is 6.54 Å². The minimum atomic E-state index is -0.389. The maximum absolute atomic E-state index is 11.0. The van der Waals surface area contributed by atoms with Gasteiger partial charge in [-0.2, -0.15) is 0 Å². The van der Waals surface area contributed by atoms with E-state index in [0.717, 1.165) is 11.3 Å². The number of fused-ring (bicyclic) bond motifs is 1. The predicted octanol–water partition coefficient (Wildman–Crippen LogP) is 0.282. The number of carbonyl (C=O) groups is 2. The minimum absolute atomic E-state index is 0.124. The molecule has 2 rings (SSSR count). The Morgan fingerprint density at radius 1 is 1.50 bits per heavy atom. The van der Waals surface area contributed by atoms with E-state index in [4.69, 9.17) is 10.5 Å². The van der Waals surface area contributed by atoms with E-state index in [-0.39, 0.29) is 18.4 Å². The first kappa shape index (κ1) is 12.4. The largest absolute Gasteiger partial charge is 0.478 e. The predicted molar refractivity (Wildman–Crippen MR) is 65.8 cm³/mol. The highest BCUT2D eigenvalue weighted by atomic mass is 16.5. The lowest BCUT2D eigenvalue weighted by atomic mass is 10.1. The number of carbonyl (C=O) groups excluding carboxylic acids is 2. The topological polar surface area (TPSA) is 84.7 Å². The molecule has 0 atom stereocenters. The van der Waals surface area contributed by atoms with Crippen LogP contribution >= 0.6 is 0 Å². The monoisotopic (exact) mass is 249 g/mol. The Morgan fingerprint density at radius 2 is 2.28 bits per heavy atom. The minimum Gasteiger partial charge on any atom is -0.478 e. The maximum Gasteiger partial charge on any atom is 0.231 e. The molecule has 0 radical (unpaired) electrons. The fraction of sp³-hybridized carbons (Fsp3) is 0.333. The molecule has 0 saturated heterocycles. The number of hydrogen-bond acceptors (Lipinski definition) is 4. The quantitative estimate of drug-likeness (QED) is 0.806. The van der Waals surface area contributed by atoms with Gasteiger partial charge in [-0.25, -0.2) is 0 Å². The lowest BCUT2D eigenvalue weighted by Gasteiger charge is -2.28. The van der Waals surface area contributed by atoms with Gasteiger partial charge < -0.3 is 15.8 Å². The Kier molecular flexibility index (Phi) is 3.47. The fourth-order valence-electron chi connectivity index (χ4n) is 1.89. The summed E-state index contributed by atoms with van der Waals surface area (Å²) >= 11 is 0. The number of ether oxygens (including phenoxy) is 1. The number of amides is 2. The van der Waals surface area contributed by atoms with Crippen LogP contribution in [0.5, 0.6) is 5.75 Å². The van der Waals surface area contributed by atoms with Crippen molar-refractivity contribution in [1.82, 2.24) is 4.90 Å². The summed E-state index contributed by atoms with van der Waals surface area (Å²) in [6, 6.07) is 5.43. The SMILES string of the molecule is CC(=O)Nc1ccc2c(c1)CN(CC(N)=O)CO2. The molecule has 0 aromatic heterocycles. The van der Waals surface area contributed by atoms with Crippen LogP contribution in [0.15, 0.2) is 18.2 Å². The molecule has 0 saturated carbocycles. The third-order valence-corrected chi connectivity index (χ3v) is 2.56. The van der Waals surface area contributed by atoms with Crippen molar-refractivity contribution < 1.29 is 14.3 Å². The van der Waals surface area contributed by atoms with Gasteiger partial charge in [-0.3, -0.25) is 14.5 Å².